The fourth-order valence-corrected chi connectivity index (χ4v) is 2.36. The first-order valence-corrected chi connectivity index (χ1v) is 7.66. The van der Waals surface area contributed by atoms with Crippen LogP contribution in [0.2, 0.25) is 0 Å². The molecule has 0 atom stereocenters. The van der Waals surface area contributed by atoms with Gasteiger partial charge in [-0.05, 0) is 23.6 Å². The molecule has 136 valence electrons. The Morgan fingerprint density at radius 3 is 1.92 bits per heavy atom. The predicted molar refractivity (Wildman–Crippen MR) is 94.9 cm³/mol. The van der Waals surface area contributed by atoms with Gasteiger partial charge in [0.25, 0.3) is 0 Å². The monoisotopic (exact) mass is 359 g/mol. The number of methoxy groups -OCH3 is 1. The third-order valence-corrected chi connectivity index (χ3v) is 3.76. The van der Waals surface area contributed by atoms with E-state index in [9.17, 15) is 25.0 Å². The first-order chi connectivity index (χ1) is 12.2. The third kappa shape index (κ3) is 3.94. The zero-order valence-corrected chi connectivity index (χ0v) is 14.4. The van der Waals surface area contributed by atoms with E-state index >= 15 is 0 Å². The van der Waals surface area contributed by atoms with Crippen LogP contribution in [0.5, 0.6) is 0 Å². The molecule has 0 saturated heterocycles. The summed E-state index contributed by atoms with van der Waals surface area (Å²) in [5.41, 5.74) is -0.247. The summed E-state index contributed by atoms with van der Waals surface area (Å²) >= 11 is 0. The van der Waals surface area contributed by atoms with Crippen molar-refractivity contribution in [3.05, 3.63) is 67.8 Å². The van der Waals surface area contributed by atoms with Crippen molar-refractivity contribution in [1.82, 2.24) is 0 Å². The Morgan fingerprint density at radius 1 is 1.04 bits per heavy atom. The van der Waals surface area contributed by atoms with Crippen LogP contribution in [0.4, 0.5) is 22.7 Å². The number of anilines is 2. The van der Waals surface area contributed by atoms with Gasteiger partial charge in [-0.2, -0.15) is 0 Å². The molecule has 26 heavy (non-hydrogen) atoms. The van der Waals surface area contributed by atoms with Crippen LogP contribution in [0, 0.1) is 20.2 Å². The van der Waals surface area contributed by atoms with E-state index in [1.54, 1.807) is 12.1 Å². The standard InChI is InChI=1S/C17H17N3O6/c1-10(2)11-4-6-13(7-5-11)18-16-14(19(22)23)8-12(17(21)26-3)9-15(16)20(24)25/h4-10,18H,1-3H3. The molecular weight excluding hydrogens is 342 g/mol. The molecule has 0 amide bonds. The van der Waals surface area contributed by atoms with E-state index in [4.69, 9.17) is 0 Å². The molecule has 2 rings (SSSR count). The van der Waals surface area contributed by atoms with Gasteiger partial charge in [0, 0.05) is 17.8 Å². The normalized spacial score (nSPS) is 10.5. The van der Waals surface area contributed by atoms with Gasteiger partial charge in [0.15, 0.2) is 5.69 Å². The molecule has 9 heteroatoms. The van der Waals surface area contributed by atoms with E-state index in [1.165, 1.54) is 0 Å². The number of nitro groups is 2. The van der Waals surface area contributed by atoms with Gasteiger partial charge in [-0.15, -0.1) is 0 Å². The maximum atomic E-state index is 11.6. The molecule has 0 unspecified atom stereocenters. The van der Waals surface area contributed by atoms with E-state index in [0.717, 1.165) is 24.8 Å². The molecule has 2 aromatic rings. The molecule has 0 aliphatic rings. The Balaban J connectivity index is 2.56. The number of hydrogen-bond acceptors (Lipinski definition) is 7. The fourth-order valence-electron chi connectivity index (χ4n) is 2.36. The average molecular weight is 359 g/mol. The number of hydrogen-bond donors (Lipinski definition) is 1. The van der Waals surface area contributed by atoms with Crippen LogP contribution in [0.15, 0.2) is 36.4 Å². The van der Waals surface area contributed by atoms with Gasteiger partial charge in [0.2, 0.25) is 0 Å². The second-order valence-corrected chi connectivity index (χ2v) is 5.80. The molecule has 0 bridgehead atoms. The minimum absolute atomic E-state index is 0.272. The highest BCUT2D eigenvalue weighted by atomic mass is 16.6. The second kappa shape index (κ2) is 7.60. The van der Waals surface area contributed by atoms with Crippen molar-refractivity contribution in [1.29, 1.82) is 0 Å². The highest BCUT2D eigenvalue weighted by Gasteiger charge is 2.29. The van der Waals surface area contributed by atoms with Crippen LogP contribution in [0.1, 0.15) is 35.7 Å². The van der Waals surface area contributed by atoms with Gasteiger partial charge in [-0.25, -0.2) is 4.79 Å². The van der Waals surface area contributed by atoms with E-state index < -0.39 is 27.2 Å². The van der Waals surface area contributed by atoms with Gasteiger partial charge in [-0.1, -0.05) is 26.0 Å². The Morgan fingerprint density at radius 2 is 1.54 bits per heavy atom. The number of nitrogens with zero attached hydrogens (tertiary/aromatic N) is 2. The maximum Gasteiger partial charge on any atom is 0.338 e. The topological polar surface area (TPSA) is 125 Å². The van der Waals surface area contributed by atoms with Gasteiger partial charge < -0.3 is 10.1 Å². The number of carbonyl (C=O) groups is 1. The molecule has 0 heterocycles. The highest BCUT2D eigenvalue weighted by molar-refractivity contribution is 5.94. The molecule has 0 fully saturated rings. The Hall–Kier alpha value is -3.49. The van der Waals surface area contributed by atoms with Crippen molar-refractivity contribution in [3.63, 3.8) is 0 Å². The number of esters is 1. The number of carbonyl (C=O) groups excluding carboxylic acids is 1. The Bertz CT molecular complexity index is 826. The third-order valence-electron chi connectivity index (χ3n) is 3.76. The van der Waals surface area contributed by atoms with Crippen molar-refractivity contribution in [2.75, 3.05) is 12.4 Å². The van der Waals surface area contributed by atoms with Crippen molar-refractivity contribution >= 4 is 28.7 Å². The lowest BCUT2D eigenvalue weighted by atomic mass is 10.0. The Labute approximate surface area is 148 Å². The maximum absolute atomic E-state index is 11.6. The lowest BCUT2D eigenvalue weighted by molar-refractivity contribution is -0.392. The lowest BCUT2D eigenvalue weighted by Gasteiger charge is -2.11. The summed E-state index contributed by atoms with van der Waals surface area (Å²) in [6.45, 7) is 4.04. The molecule has 2 aromatic carbocycles. The number of nitro benzene ring substituents is 2. The van der Waals surface area contributed by atoms with Gasteiger partial charge in [0.05, 0.1) is 22.5 Å². The Kier molecular flexibility index (Phi) is 5.51. The summed E-state index contributed by atoms with van der Waals surface area (Å²) in [4.78, 5) is 32.8. The lowest BCUT2D eigenvalue weighted by Crippen LogP contribution is -2.07. The summed E-state index contributed by atoms with van der Waals surface area (Å²) in [5, 5.41) is 25.5. The van der Waals surface area contributed by atoms with Crippen LogP contribution in [0.25, 0.3) is 0 Å². The molecule has 0 aliphatic carbocycles. The fraction of sp³-hybridized carbons (Fsp3) is 0.235. The molecule has 9 nitrogen and oxygen atoms in total. The minimum atomic E-state index is -0.899. The zero-order valence-electron chi connectivity index (χ0n) is 14.4. The van der Waals surface area contributed by atoms with E-state index in [-0.39, 0.29) is 11.3 Å². The smallest absolute Gasteiger partial charge is 0.338 e. The molecule has 1 N–H and O–H groups in total. The van der Waals surface area contributed by atoms with Gasteiger partial charge in [0.1, 0.15) is 0 Å². The number of benzene rings is 2. The predicted octanol–water partition coefficient (Wildman–Crippen LogP) is 4.16. The highest BCUT2D eigenvalue weighted by Crippen LogP contribution is 2.38. The summed E-state index contributed by atoms with van der Waals surface area (Å²) in [5.74, 6) is -0.601. The molecule has 0 aliphatic heterocycles. The molecule has 0 radical (unpaired) electrons. The van der Waals surface area contributed by atoms with E-state index in [1.807, 2.05) is 26.0 Å². The summed E-state index contributed by atoms with van der Waals surface area (Å²) < 4.78 is 4.49. The van der Waals surface area contributed by atoms with Crippen LogP contribution in [-0.4, -0.2) is 22.9 Å². The number of rotatable bonds is 6. The van der Waals surface area contributed by atoms with Crippen molar-refractivity contribution in [2.45, 2.75) is 19.8 Å². The quantitative estimate of drug-likeness (QED) is 0.466. The number of nitrogens with one attached hydrogen (secondary N) is 1. The average Bonchev–Trinajstić information content (AvgIpc) is 2.61. The van der Waals surface area contributed by atoms with Crippen LogP contribution in [0.3, 0.4) is 0 Å². The summed E-state index contributed by atoms with van der Waals surface area (Å²) in [6.07, 6.45) is 0. The molecule has 0 spiro atoms. The van der Waals surface area contributed by atoms with Crippen molar-refractivity contribution in [3.8, 4) is 0 Å². The first-order valence-electron chi connectivity index (χ1n) is 7.66. The molecule has 0 saturated carbocycles. The van der Waals surface area contributed by atoms with Crippen LogP contribution >= 0.6 is 0 Å². The molecule has 0 aromatic heterocycles. The second-order valence-electron chi connectivity index (χ2n) is 5.80. The van der Waals surface area contributed by atoms with Gasteiger partial charge >= 0.3 is 17.3 Å². The first kappa shape index (κ1) is 18.8. The van der Waals surface area contributed by atoms with E-state index in [0.29, 0.717) is 11.6 Å². The summed E-state index contributed by atoms with van der Waals surface area (Å²) in [6, 6.07) is 8.91. The van der Waals surface area contributed by atoms with Crippen molar-refractivity contribution in [2.24, 2.45) is 0 Å². The number of ether oxygens (including phenoxy) is 1. The van der Waals surface area contributed by atoms with Crippen LogP contribution in [-0.2, 0) is 4.74 Å². The van der Waals surface area contributed by atoms with Gasteiger partial charge in [-0.3, -0.25) is 20.2 Å². The zero-order chi connectivity index (χ0) is 19.4. The minimum Gasteiger partial charge on any atom is -0.465 e. The SMILES string of the molecule is COC(=O)c1cc([N+](=O)[O-])c(Nc2ccc(C(C)C)cc2)c([N+](=O)[O-])c1. The van der Waals surface area contributed by atoms with E-state index in [2.05, 4.69) is 10.1 Å². The largest absolute Gasteiger partial charge is 0.465 e. The molecular formula is C17H17N3O6. The van der Waals surface area contributed by atoms with Crippen LogP contribution < -0.4 is 5.32 Å². The van der Waals surface area contributed by atoms with Crippen molar-refractivity contribution < 1.29 is 19.4 Å². The summed E-state index contributed by atoms with van der Waals surface area (Å²) in [7, 11) is 1.09.